The zero-order valence-electron chi connectivity index (χ0n) is 18.1. The Hall–Kier alpha value is -2.96. The number of rotatable bonds is 4. The summed E-state index contributed by atoms with van der Waals surface area (Å²) in [6, 6.07) is 8.93. The molecule has 2 amide bonds. The third kappa shape index (κ3) is 3.66. The van der Waals surface area contributed by atoms with Crippen molar-refractivity contribution < 1.29 is 9.59 Å². The van der Waals surface area contributed by atoms with Gasteiger partial charge in [-0.05, 0) is 50.7 Å². The number of carbonyl (C=O) groups excluding carboxylic acids is 2. The van der Waals surface area contributed by atoms with Crippen LogP contribution in [0.3, 0.4) is 0 Å². The molecular formula is C24H29N5O2. The molecule has 2 N–H and O–H groups in total. The third-order valence-corrected chi connectivity index (χ3v) is 6.92. The van der Waals surface area contributed by atoms with Crippen LogP contribution in [0.25, 0.3) is 0 Å². The van der Waals surface area contributed by atoms with Crippen molar-refractivity contribution in [1.29, 1.82) is 0 Å². The second-order valence-electron chi connectivity index (χ2n) is 9.06. The van der Waals surface area contributed by atoms with Gasteiger partial charge in [-0.3, -0.25) is 9.59 Å². The van der Waals surface area contributed by atoms with Crippen LogP contribution in [0.1, 0.15) is 78.3 Å². The number of fused-ring (bicyclic) bond motifs is 1. The summed E-state index contributed by atoms with van der Waals surface area (Å²) in [6.07, 6.45) is 4.90. The van der Waals surface area contributed by atoms with Gasteiger partial charge in [-0.25, -0.2) is 9.97 Å². The lowest BCUT2D eigenvalue weighted by Gasteiger charge is -2.39. The van der Waals surface area contributed by atoms with Crippen molar-refractivity contribution >= 4 is 17.8 Å². The number of hydrogen-bond donors (Lipinski definition) is 2. The Morgan fingerprint density at radius 2 is 1.74 bits per heavy atom. The van der Waals surface area contributed by atoms with Gasteiger partial charge >= 0.3 is 0 Å². The number of amides is 2. The summed E-state index contributed by atoms with van der Waals surface area (Å²) in [6.45, 7) is 5.66. The van der Waals surface area contributed by atoms with Gasteiger partial charge in [0.25, 0.3) is 5.91 Å². The van der Waals surface area contributed by atoms with E-state index in [-0.39, 0.29) is 17.7 Å². The van der Waals surface area contributed by atoms with E-state index < -0.39 is 0 Å². The molecule has 4 heterocycles. The summed E-state index contributed by atoms with van der Waals surface area (Å²) < 4.78 is 0. The largest absolute Gasteiger partial charge is 0.356 e. The molecule has 162 valence electrons. The maximum atomic E-state index is 12.5. The quantitative estimate of drug-likeness (QED) is 0.796. The van der Waals surface area contributed by atoms with Gasteiger partial charge in [0.2, 0.25) is 11.9 Å². The highest BCUT2D eigenvalue weighted by Gasteiger charge is 2.32. The van der Waals surface area contributed by atoms with Crippen LogP contribution < -0.4 is 15.5 Å². The number of aromatic nitrogens is 2. The van der Waals surface area contributed by atoms with Crippen molar-refractivity contribution in [1.82, 2.24) is 20.6 Å². The number of carbonyl (C=O) groups is 2. The smallest absolute Gasteiger partial charge is 0.255 e. The predicted octanol–water partition coefficient (Wildman–Crippen LogP) is 2.68. The molecule has 0 radical (unpaired) electrons. The first-order chi connectivity index (χ1) is 15.0. The van der Waals surface area contributed by atoms with Crippen LogP contribution in [0, 0.1) is 0 Å². The standard InChI is InChI=1S/C24H29N5O2/c1-14-4-3-5-15(2)29(14)24-27-19(21-20(28-24)13-26-23(21)31)12-16-6-8-17(9-7-16)18-10-11-25-22(18)30/h6-9,14-15,18H,3-5,10-13H2,1-2H3,(H,25,30)(H,26,31)/t14-,15-,18+/m1/s1. The molecule has 0 saturated carbocycles. The van der Waals surface area contributed by atoms with E-state index in [1.54, 1.807) is 0 Å². The van der Waals surface area contributed by atoms with Crippen LogP contribution in [0.15, 0.2) is 24.3 Å². The number of nitrogens with one attached hydrogen (secondary N) is 2. The van der Waals surface area contributed by atoms with Crippen molar-refractivity contribution in [2.75, 3.05) is 11.4 Å². The Balaban J connectivity index is 1.46. The molecule has 0 bridgehead atoms. The fourth-order valence-electron chi connectivity index (χ4n) is 5.22. The molecular weight excluding hydrogens is 390 g/mol. The minimum atomic E-state index is -0.0875. The van der Waals surface area contributed by atoms with Crippen LogP contribution in [0.5, 0.6) is 0 Å². The second kappa shape index (κ2) is 7.94. The lowest BCUT2D eigenvalue weighted by Crippen LogP contribution is -2.45. The van der Waals surface area contributed by atoms with Crippen molar-refractivity contribution in [3.63, 3.8) is 0 Å². The zero-order valence-corrected chi connectivity index (χ0v) is 18.1. The van der Waals surface area contributed by atoms with Gasteiger partial charge in [-0.15, -0.1) is 0 Å². The average Bonchev–Trinajstić information content (AvgIpc) is 3.34. The van der Waals surface area contributed by atoms with Gasteiger partial charge in [0, 0.05) is 25.0 Å². The topological polar surface area (TPSA) is 87.2 Å². The van der Waals surface area contributed by atoms with Crippen LogP contribution in [-0.4, -0.2) is 40.4 Å². The minimum absolute atomic E-state index is 0.0585. The summed E-state index contributed by atoms with van der Waals surface area (Å²) in [5.74, 6) is 0.698. The molecule has 2 saturated heterocycles. The van der Waals surface area contributed by atoms with Gasteiger partial charge in [0.1, 0.15) is 0 Å². The number of hydrogen-bond acceptors (Lipinski definition) is 5. The zero-order chi connectivity index (χ0) is 21.5. The lowest BCUT2D eigenvalue weighted by atomic mass is 9.95. The highest BCUT2D eigenvalue weighted by atomic mass is 16.2. The molecule has 0 unspecified atom stereocenters. The van der Waals surface area contributed by atoms with Gasteiger partial charge in [-0.2, -0.15) is 0 Å². The molecule has 5 rings (SSSR count). The molecule has 3 atom stereocenters. The molecule has 31 heavy (non-hydrogen) atoms. The molecule has 2 aromatic rings. The van der Waals surface area contributed by atoms with E-state index in [1.165, 1.54) is 6.42 Å². The summed E-state index contributed by atoms with van der Waals surface area (Å²) in [7, 11) is 0. The molecule has 3 aliphatic heterocycles. The fourth-order valence-corrected chi connectivity index (χ4v) is 5.22. The van der Waals surface area contributed by atoms with Gasteiger partial charge in [0.05, 0.1) is 29.4 Å². The summed E-state index contributed by atoms with van der Waals surface area (Å²) in [5.41, 5.74) is 4.33. The monoisotopic (exact) mass is 419 g/mol. The number of benzene rings is 1. The molecule has 0 aliphatic carbocycles. The highest BCUT2D eigenvalue weighted by Crippen LogP contribution is 2.30. The molecule has 0 spiro atoms. The normalized spacial score (nSPS) is 25.4. The van der Waals surface area contributed by atoms with E-state index in [2.05, 4.69) is 29.4 Å². The van der Waals surface area contributed by atoms with Gasteiger partial charge in [0.15, 0.2) is 0 Å². The predicted molar refractivity (Wildman–Crippen MR) is 118 cm³/mol. The summed E-state index contributed by atoms with van der Waals surface area (Å²) >= 11 is 0. The van der Waals surface area contributed by atoms with E-state index in [4.69, 9.17) is 9.97 Å². The number of anilines is 1. The Morgan fingerprint density at radius 3 is 2.42 bits per heavy atom. The molecule has 2 fully saturated rings. The molecule has 7 nitrogen and oxygen atoms in total. The molecule has 1 aromatic heterocycles. The second-order valence-corrected chi connectivity index (χ2v) is 9.06. The average molecular weight is 420 g/mol. The first-order valence-corrected chi connectivity index (χ1v) is 11.3. The van der Waals surface area contributed by atoms with Crippen molar-refractivity contribution in [3.05, 3.63) is 52.3 Å². The fraction of sp³-hybridized carbons (Fsp3) is 0.500. The van der Waals surface area contributed by atoms with E-state index >= 15 is 0 Å². The van der Waals surface area contributed by atoms with Crippen molar-refractivity contribution in [2.24, 2.45) is 0 Å². The highest BCUT2D eigenvalue weighted by molar-refractivity contribution is 5.99. The van der Waals surface area contributed by atoms with Crippen molar-refractivity contribution in [2.45, 2.75) is 70.5 Å². The lowest BCUT2D eigenvalue weighted by molar-refractivity contribution is -0.120. The van der Waals surface area contributed by atoms with Gasteiger partial charge in [-0.1, -0.05) is 24.3 Å². The Labute approximate surface area is 182 Å². The van der Waals surface area contributed by atoms with E-state index in [0.29, 0.717) is 30.6 Å². The van der Waals surface area contributed by atoms with E-state index in [0.717, 1.165) is 54.3 Å². The Morgan fingerprint density at radius 1 is 1.00 bits per heavy atom. The van der Waals surface area contributed by atoms with E-state index in [1.807, 2.05) is 24.3 Å². The molecule has 7 heteroatoms. The number of nitrogens with zero attached hydrogens (tertiary/aromatic N) is 3. The first-order valence-electron chi connectivity index (χ1n) is 11.3. The Kier molecular flexibility index (Phi) is 5.12. The van der Waals surface area contributed by atoms with Crippen LogP contribution >= 0.6 is 0 Å². The van der Waals surface area contributed by atoms with Gasteiger partial charge < -0.3 is 15.5 Å². The van der Waals surface area contributed by atoms with Crippen LogP contribution in [-0.2, 0) is 17.8 Å². The summed E-state index contributed by atoms with van der Waals surface area (Å²) in [5, 5.41) is 5.81. The van der Waals surface area contributed by atoms with Crippen molar-refractivity contribution in [3.8, 4) is 0 Å². The SMILES string of the molecule is C[C@@H]1CCC[C@@H](C)N1c1nc2c(c(Cc3ccc([C@@H]4CCNC4=O)cc3)n1)C(=O)NC2. The maximum Gasteiger partial charge on any atom is 0.255 e. The first kappa shape index (κ1) is 20.0. The number of piperidine rings is 1. The van der Waals surface area contributed by atoms with Crippen LogP contribution in [0.4, 0.5) is 5.95 Å². The molecule has 3 aliphatic rings. The minimum Gasteiger partial charge on any atom is -0.356 e. The van der Waals surface area contributed by atoms with E-state index in [9.17, 15) is 9.59 Å². The third-order valence-electron chi connectivity index (χ3n) is 6.92. The summed E-state index contributed by atoms with van der Waals surface area (Å²) in [4.78, 5) is 36.5. The Bertz CT molecular complexity index is 1010. The van der Waals surface area contributed by atoms with Crippen LogP contribution in [0.2, 0.25) is 0 Å². The molecule has 1 aromatic carbocycles. The maximum absolute atomic E-state index is 12.5.